The summed E-state index contributed by atoms with van der Waals surface area (Å²) in [4.78, 5) is 19.7. The summed E-state index contributed by atoms with van der Waals surface area (Å²) in [7, 11) is 0. The molecule has 4 aromatic rings. The van der Waals surface area contributed by atoms with Gasteiger partial charge in [-0.15, -0.1) is 0 Å². The number of rotatable bonds is 7. The van der Waals surface area contributed by atoms with Gasteiger partial charge in [-0.25, -0.2) is 14.4 Å². The van der Waals surface area contributed by atoms with Crippen molar-refractivity contribution in [1.82, 2.24) is 9.97 Å². The number of aliphatic carboxylic acids is 1. The van der Waals surface area contributed by atoms with Crippen molar-refractivity contribution in [3.63, 3.8) is 0 Å². The number of halogens is 1. The molecule has 0 spiro atoms. The SMILES string of the molecule is C[C@H](Nc1nccc2ccnc(Oc3cccc(F)c3)c12)c1ccc(CC(=O)O)cc1. The minimum atomic E-state index is -0.864. The normalized spacial score (nSPS) is 11.8. The van der Waals surface area contributed by atoms with Crippen molar-refractivity contribution in [2.75, 3.05) is 5.32 Å². The summed E-state index contributed by atoms with van der Waals surface area (Å²) in [5.74, 6) is -0.00919. The van der Waals surface area contributed by atoms with E-state index in [0.717, 1.165) is 16.5 Å². The van der Waals surface area contributed by atoms with E-state index in [4.69, 9.17) is 9.84 Å². The predicted octanol–water partition coefficient (Wildman–Crippen LogP) is 5.36. The molecule has 4 rings (SSSR count). The van der Waals surface area contributed by atoms with Crippen molar-refractivity contribution in [2.45, 2.75) is 19.4 Å². The molecule has 0 radical (unpaired) electrons. The second kappa shape index (κ2) is 8.79. The number of anilines is 1. The van der Waals surface area contributed by atoms with Crippen molar-refractivity contribution < 1.29 is 19.0 Å². The van der Waals surface area contributed by atoms with Gasteiger partial charge in [0.2, 0.25) is 5.88 Å². The van der Waals surface area contributed by atoms with Gasteiger partial charge in [0.1, 0.15) is 17.4 Å². The number of aromatic nitrogens is 2. The summed E-state index contributed by atoms with van der Waals surface area (Å²) < 4.78 is 19.4. The highest BCUT2D eigenvalue weighted by atomic mass is 19.1. The van der Waals surface area contributed by atoms with Crippen LogP contribution in [0.5, 0.6) is 11.6 Å². The molecule has 0 aliphatic carbocycles. The Hall–Kier alpha value is -4.00. The van der Waals surface area contributed by atoms with E-state index in [1.165, 1.54) is 12.1 Å². The molecule has 0 aliphatic heterocycles. The molecule has 31 heavy (non-hydrogen) atoms. The molecule has 0 bridgehead atoms. The number of ether oxygens (including phenoxy) is 1. The molecule has 0 fully saturated rings. The number of hydrogen-bond acceptors (Lipinski definition) is 5. The number of fused-ring (bicyclic) bond motifs is 1. The zero-order valence-electron chi connectivity index (χ0n) is 16.7. The Morgan fingerprint density at radius 2 is 1.84 bits per heavy atom. The van der Waals surface area contributed by atoms with E-state index >= 15 is 0 Å². The van der Waals surface area contributed by atoms with Crippen LogP contribution in [0.25, 0.3) is 10.8 Å². The zero-order chi connectivity index (χ0) is 21.8. The zero-order valence-corrected chi connectivity index (χ0v) is 16.7. The fraction of sp³-hybridized carbons (Fsp3) is 0.125. The number of carbonyl (C=O) groups is 1. The van der Waals surface area contributed by atoms with Crippen LogP contribution in [0.2, 0.25) is 0 Å². The highest BCUT2D eigenvalue weighted by Crippen LogP contribution is 2.33. The quantitative estimate of drug-likeness (QED) is 0.421. The monoisotopic (exact) mass is 417 g/mol. The molecular formula is C24H20FN3O3. The van der Waals surface area contributed by atoms with E-state index in [1.54, 1.807) is 36.7 Å². The summed E-state index contributed by atoms with van der Waals surface area (Å²) in [6.07, 6.45) is 3.31. The van der Waals surface area contributed by atoms with Crippen molar-refractivity contribution >= 4 is 22.6 Å². The molecule has 6 nitrogen and oxygen atoms in total. The molecule has 156 valence electrons. The molecule has 0 aliphatic rings. The number of nitrogens with one attached hydrogen (secondary N) is 1. The summed E-state index contributed by atoms with van der Waals surface area (Å²) in [5.41, 5.74) is 1.71. The lowest BCUT2D eigenvalue weighted by Crippen LogP contribution is -2.09. The van der Waals surface area contributed by atoms with Crippen molar-refractivity contribution in [1.29, 1.82) is 0 Å². The maximum absolute atomic E-state index is 13.6. The van der Waals surface area contributed by atoms with Gasteiger partial charge >= 0.3 is 5.97 Å². The molecule has 0 unspecified atom stereocenters. The first kappa shape index (κ1) is 20.3. The standard InChI is InChI=1S/C24H20FN3O3/c1-15(17-7-5-16(6-8-17)13-21(29)30)28-23-22-18(9-11-26-23)10-12-27-24(22)31-20-4-2-3-19(25)14-20/h2-12,14-15H,13H2,1H3,(H,26,28)(H,29,30)/t15-/m0/s1. The minimum Gasteiger partial charge on any atom is -0.481 e. The highest BCUT2D eigenvalue weighted by Gasteiger charge is 2.14. The Bertz CT molecular complexity index is 1220. The summed E-state index contributed by atoms with van der Waals surface area (Å²) in [6, 6.07) is 16.9. The van der Waals surface area contributed by atoms with Crippen LogP contribution in [0.15, 0.2) is 73.1 Å². The van der Waals surface area contributed by atoms with Gasteiger partial charge in [0, 0.05) is 24.5 Å². The van der Waals surface area contributed by atoms with Crippen LogP contribution in [0.1, 0.15) is 24.1 Å². The van der Waals surface area contributed by atoms with Gasteiger partial charge in [0.15, 0.2) is 0 Å². The van der Waals surface area contributed by atoms with Crippen LogP contribution in [-0.2, 0) is 11.2 Å². The van der Waals surface area contributed by atoms with Crippen LogP contribution in [0.4, 0.5) is 10.2 Å². The van der Waals surface area contributed by atoms with E-state index in [0.29, 0.717) is 22.8 Å². The smallest absolute Gasteiger partial charge is 0.307 e. The third kappa shape index (κ3) is 4.78. The Balaban J connectivity index is 1.63. The lowest BCUT2D eigenvalue weighted by atomic mass is 10.0. The summed E-state index contributed by atoms with van der Waals surface area (Å²) in [6.45, 7) is 1.98. The molecule has 2 aromatic carbocycles. The van der Waals surface area contributed by atoms with E-state index in [9.17, 15) is 9.18 Å². The second-order valence-corrected chi connectivity index (χ2v) is 7.11. The maximum atomic E-state index is 13.6. The Morgan fingerprint density at radius 3 is 2.55 bits per heavy atom. The fourth-order valence-corrected chi connectivity index (χ4v) is 3.31. The van der Waals surface area contributed by atoms with Crippen molar-refractivity contribution in [3.05, 3.63) is 90.0 Å². The van der Waals surface area contributed by atoms with Crippen LogP contribution in [0.3, 0.4) is 0 Å². The van der Waals surface area contributed by atoms with Crippen LogP contribution < -0.4 is 10.1 Å². The third-order valence-electron chi connectivity index (χ3n) is 4.84. The van der Waals surface area contributed by atoms with Crippen LogP contribution in [0, 0.1) is 5.82 Å². The van der Waals surface area contributed by atoms with Crippen LogP contribution in [-0.4, -0.2) is 21.0 Å². The van der Waals surface area contributed by atoms with E-state index in [-0.39, 0.29) is 12.5 Å². The average Bonchev–Trinajstić information content (AvgIpc) is 2.74. The Labute approximate surface area is 178 Å². The lowest BCUT2D eigenvalue weighted by molar-refractivity contribution is -0.136. The van der Waals surface area contributed by atoms with Crippen molar-refractivity contribution in [3.8, 4) is 11.6 Å². The highest BCUT2D eigenvalue weighted by molar-refractivity contribution is 5.95. The fourth-order valence-electron chi connectivity index (χ4n) is 3.31. The average molecular weight is 417 g/mol. The van der Waals surface area contributed by atoms with Crippen molar-refractivity contribution in [2.24, 2.45) is 0 Å². The van der Waals surface area contributed by atoms with E-state index in [1.807, 2.05) is 31.2 Å². The molecule has 0 saturated heterocycles. The topological polar surface area (TPSA) is 84.3 Å². The summed E-state index contributed by atoms with van der Waals surface area (Å²) >= 11 is 0. The number of carboxylic acid groups (broad SMARTS) is 1. The molecule has 2 N–H and O–H groups in total. The second-order valence-electron chi connectivity index (χ2n) is 7.11. The Kier molecular flexibility index (Phi) is 5.75. The van der Waals surface area contributed by atoms with Gasteiger partial charge in [-0.05, 0) is 47.7 Å². The van der Waals surface area contributed by atoms with Gasteiger partial charge in [-0.1, -0.05) is 30.3 Å². The first-order chi connectivity index (χ1) is 15.0. The minimum absolute atomic E-state index is 0.0145. The first-order valence-electron chi connectivity index (χ1n) is 9.74. The van der Waals surface area contributed by atoms with E-state index < -0.39 is 11.8 Å². The lowest BCUT2D eigenvalue weighted by Gasteiger charge is -2.18. The predicted molar refractivity (Wildman–Crippen MR) is 116 cm³/mol. The number of benzene rings is 2. The van der Waals surface area contributed by atoms with Gasteiger partial charge < -0.3 is 15.2 Å². The molecular weight excluding hydrogens is 397 g/mol. The number of nitrogens with zero attached hydrogens (tertiary/aromatic N) is 2. The molecule has 2 heterocycles. The maximum Gasteiger partial charge on any atom is 0.307 e. The van der Waals surface area contributed by atoms with Crippen LogP contribution >= 0.6 is 0 Å². The Morgan fingerprint density at radius 1 is 1.10 bits per heavy atom. The number of hydrogen-bond donors (Lipinski definition) is 2. The third-order valence-corrected chi connectivity index (χ3v) is 4.84. The molecule has 7 heteroatoms. The molecule has 0 saturated carbocycles. The number of carboxylic acids is 1. The molecule has 2 aromatic heterocycles. The first-order valence-corrected chi connectivity index (χ1v) is 9.74. The van der Waals surface area contributed by atoms with Gasteiger partial charge in [-0.3, -0.25) is 4.79 Å². The largest absolute Gasteiger partial charge is 0.481 e. The molecule has 1 atom stereocenters. The van der Waals surface area contributed by atoms with E-state index in [2.05, 4.69) is 15.3 Å². The summed E-state index contributed by atoms with van der Waals surface area (Å²) in [5, 5.41) is 13.9. The van der Waals surface area contributed by atoms with Gasteiger partial charge in [-0.2, -0.15) is 0 Å². The molecule has 0 amide bonds. The van der Waals surface area contributed by atoms with Gasteiger partial charge in [0.25, 0.3) is 0 Å². The van der Waals surface area contributed by atoms with Gasteiger partial charge in [0.05, 0.1) is 11.8 Å². The number of pyridine rings is 2.